The highest BCUT2D eigenvalue weighted by molar-refractivity contribution is 5.83. The van der Waals surface area contributed by atoms with Crippen LogP contribution in [0.1, 0.15) is 36.3 Å². The van der Waals surface area contributed by atoms with Crippen LogP contribution in [0.3, 0.4) is 0 Å². The zero-order chi connectivity index (χ0) is 16.7. The summed E-state index contributed by atoms with van der Waals surface area (Å²) in [6, 6.07) is 7.80. The van der Waals surface area contributed by atoms with Gasteiger partial charge in [0.25, 0.3) is 5.91 Å². The fourth-order valence-corrected chi connectivity index (χ4v) is 3.25. The maximum atomic E-state index is 12.9. The van der Waals surface area contributed by atoms with E-state index >= 15 is 0 Å². The standard InChI is InChI=1S/C17H19N3O4/c1-10-12-5-3-4-6-13(12)24-15(10)17(21)20-7-8-22-14(9-20)16-19-18-11(2)23-16/h3-6,10,14-15H,7-9H2,1-2H3/t10-,14+,15-/m1/s1. The Bertz CT molecular complexity index is 760. The van der Waals surface area contributed by atoms with Crippen LogP contribution in [0.25, 0.3) is 0 Å². The Hall–Kier alpha value is -2.41. The Balaban J connectivity index is 1.49. The van der Waals surface area contributed by atoms with Gasteiger partial charge in [0, 0.05) is 24.9 Å². The van der Waals surface area contributed by atoms with Crippen molar-refractivity contribution in [2.75, 3.05) is 19.7 Å². The average Bonchev–Trinajstić information content (AvgIpc) is 3.19. The first-order chi connectivity index (χ1) is 11.6. The molecule has 0 unspecified atom stereocenters. The molecule has 1 saturated heterocycles. The van der Waals surface area contributed by atoms with E-state index in [0.717, 1.165) is 11.3 Å². The van der Waals surface area contributed by atoms with Gasteiger partial charge < -0.3 is 18.8 Å². The second-order valence-corrected chi connectivity index (χ2v) is 6.17. The van der Waals surface area contributed by atoms with Gasteiger partial charge in [0.05, 0.1) is 13.2 Å². The van der Waals surface area contributed by atoms with E-state index in [2.05, 4.69) is 10.2 Å². The topological polar surface area (TPSA) is 77.7 Å². The van der Waals surface area contributed by atoms with E-state index < -0.39 is 6.10 Å². The number of aromatic nitrogens is 2. The molecule has 0 saturated carbocycles. The number of hydrogen-bond donors (Lipinski definition) is 0. The van der Waals surface area contributed by atoms with Gasteiger partial charge in [-0.2, -0.15) is 0 Å². The molecule has 0 aliphatic carbocycles. The van der Waals surface area contributed by atoms with Crippen LogP contribution in [-0.2, 0) is 9.53 Å². The lowest BCUT2D eigenvalue weighted by molar-refractivity contribution is -0.147. The van der Waals surface area contributed by atoms with Gasteiger partial charge in [0.15, 0.2) is 12.2 Å². The molecule has 1 amide bonds. The summed E-state index contributed by atoms with van der Waals surface area (Å²) in [6.07, 6.45) is -0.881. The predicted octanol–water partition coefficient (Wildman–Crippen LogP) is 1.84. The Morgan fingerprint density at radius 3 is 2.88 bits per heavy atom. The van der Waals surface area contributed by atoms with Crippen LogP contribution in [0.15, 0.2) is 28.7 Å². The third kappa shape index (κ3) is 2.54. The summed E-state index contributed by atoms with van der Waals surface area (Å²) in [5, 5.41) is 7.82. The molecule has 3 atom stereocenters. The number of aryl methyl sites for hydroxylation is 1. The first kappa shape index (κ1) is 15.1. The van der Waals surface area contributed by atoms with Gasteiger partial charge in [-0.15, -0.1) is 10.2 Å². The van der Waals surface area contributed by atoms with Gasteiger partial charge >= 0.3 is 0 Å². The van der Waals surface area contributed by atoms with Crippen molar-refractivity contribution in [3.63, 3.8) is 0 Å². The van der Waals surface area contributed by atoms with Gasteiger partial charge in [-0.05, 0) is 6.07 Å². The first-order valence-corrected chi connectivity index (χ1v) is 8.09. The van der Waals surface area contributed by atoms with Crippen molar-refractivity contribution in [2.24, 2.45) is 0 Å². The van der Waals surface area contributed by atoms with Crippen molar-refractivity contribution in [3.8, 4) is 5.75 Å². The lowest BCUT2D eigenvalue weighted by Gasteiger charge is -2.33. The summed E-state index contributed by atoms with van der Waals surface area (Å²) in [5.41, 5.74) is 1.08. The van der Waals surface area contributed by atoms with Crippen LogP contribution >= 0.6 is 0 Å². The lowest BCUT2D eigenvalue weighted by atomic mass is 9.96. The second kappa shape index (κ2) is 5.90. The van der Waals surface area contributed by atoms with Crippen molar-refractivity contribution in [2.45, 2.75) is 32.0 Å². The molecule has 0 radical (unpaired) electrons. The number of ether oxygens (including phenoxy) is 2. The molecule has 2 aromatic rings. The zero-order valence-corrected chi connectivity index (χ0v) is 13.6. The first-order valence-electron chi connectivity index (χ1n) is 8.09. The molecule has 4 rings (SSSR count). The monoisotopic (exact) mass is 329 g/mol. The Morgan fingerprint density at radius 2 is 2.12 bits per heavy atom. The molecule has 2 aliphatic rings. The highest BCUT2D eigenvalue weighted by Gasteiger charge is 2.40. The van der Waals surface area contributed by atoms with Crippen molar-refractivity contribution >= 4 is 5.91 Å². The average molecular weight is 329 g/mol. The number of carbonyl (C=O) groups is 1. The van der Waals surface area contributed by atoms with Crippen LogP contribution < -0.4 is 4.74 Å². The van der Waals surface area contributed by atoms with E-state index in [1.54, 1.807) is 11.8 Å². The minimum Gasteiger partial charge on any atom is -0.480 e. The Kier molecular flexibility index (Phi) is 3.72. The minimum absolute atomic E-state index is 0.0248. The fourth-order valence-electron chi connectivity index (χ4n) is 3.25. The van der Waals surface area contributed by atoms with Gasteiger partial charge in [-0.3, -0.25) is 4.79 Å². The van der Waals surface area contributed by atoms with E-state index in [0.29, 0.717) is 31.5 Å². The number of morpholine rings is 1. The number of fused-ring (bicyclic) bond motifs is 1. The van der Waals surface area contributed by atoms with Crippen molar-refractivity contribution in [1.82, 2.24) is 15.1 Å². The predicted molar refractivity (Wildman–Crippen MR) is 83.6 cm³/mol. The van der Waals surface area contributed by atoms with Gasteiger partial charge in [0.1, 0.15) is 5.75 Å². The molecule has 0 spiro atoms. The maximum Gasteiger partial charge on any atom is 0.264 e. The van der Waals surface area contributed by atoms with E-state index in [-0.39, 0.29) is 17.9 Å². The van der Waals surface area contributed by atoms with Gasteiger partial charge in [0.2, 0.25) is 11.8 Å². The Morgan fingerprint density at radius 1 is 1.29 bits per heavy atom. The molecule has 7 heteroatoms. The maximum absolute atomic E-state index is 12.9. The number of rotatable bonds is 2. The second-order valence-electron chi connectivity index (χ2n) is 6.17. The molecule has 0 bridgehead atoms. The smallest absolute Gasteiger partial charge is 0.264 e. The van der Waals surface area contributed by atoms with Crippen LogP contribution in [0.4, 0.5) is 0 Å². The SMILES string of the molecule is Cc1nnc([C@@H]2CN(C(=O)[C@@H]3Oc4ccccc4[C@H]3C)CCO2)o1. The summed E-state index contributed by atoms with van der Waals surface area (Å²) in [4.78, 5) is 14.7. The summed E-state index contributed by atoms with van der Waals surface area (Å²) in [7, 11) is 0. The summed E-state index contributed by atoms with van der Waals surface area (Å²) < 4.78 is 17.0. The van der Waals surface area contributed by atoms with Crippen molar-refractivity contribution in [3.05, 3.63) is 41.6 Å². The number of amides is 1. The highest BCUT2D eigenvalue weighted by atomic mass is 16.5. The number of carbonyl (C=O) groups excluding carboxylic acids is 1. The molecule has 3 heterocycles. The fraction of sp³-hybridized carbons (Fsp3) is 0.471. The zero-order valence-electron chi connectivity index (χ0n) is 13.6. The van der Waals surface area contributed by atoms with Crippen LogP contribution in [0.2, 0.25) is 0 Å². The molecule has 1 aromatic carbocycles. The number of hydrogen-bond acceptors (Lipinski definition) is 6. The largest absolute Gasteiger partial charge is 0.480 e. The number of para-hydroxylation sites is 1. The lowest BCUT2D eigenvalue weighted by Crippen LogP contribution is -2.48. The van der Waals surface area contributed by atoms with E-state index in [1.807, 2.05) is 31.2 Å². The molecule has 126 valence electrons. The Labute approximate surface area is 139 Å². The number of nitrogens with zero attached hydrogens (tertiary/aromatic N) is 3. The van der Waals surface area contributed by atoms with E-state index in [9.17, 15) is 4.79 Å². The molecule has 2 aliphatic heterocycles. The van der Waals surface area contributed by atoms with Gasteiger partial charge in [-0.1, -0.05) is 25.1 Å². The van der Waals surface area contributed by atoms with E-state index in [4.69, 9.17) is 13.9 Å². The quantitative estimate of drug-likeness (QED) is 0.837. The molecule has 0 N–H and O–H groups in total. The molecular weight excluding hydrogens is 310 g/mol. The minimum atomic E-state index is -0.495. The van der Waals surface area contributed by atoms with Gasteiger partial charge in [-0.25, -0.2) is 0 Å². The summed E-state index contributed by atoms with van der Waals surface area (Å²) in [6.45, 7) is 5.11. The van der Waals surface area contributed by atoms with E-state index in [1.165, 1.54) is 0 Å². The third-order valence-electron chi connectivity index (χ3n) is 4.56. The normalized spacial score (nSPS) is 26.1. The van der Waals surface area contributed by atoms with Crippen LogP contribution in [0, 0.1) is 6.92 Å². The highest BCUT2D eigenvalue weighted by Crippen LogP contribution is 2.38. The number of benzene rings is 1. The summed E-state index contributed by atoms with van der Waals surface area (Å²) >= 11 is 0. The molecule has 24 heavy (non-hydrogen) atoms. The van der Waals surface area contributed by atoms with Crippen molar-refractivity contribution in [1.29, 1.82) is 0 Å². The molecule has 1 aromatic heterocycles. The van der Waals surface area contributed by atoms with Crippen LogP contribution in [-0.4, -0.2) is 46.8 Å². The van der Waals surface area contributed by atoms with Crippen LogP contribution in [0.5, 0.6) is 5.75 Å². The third-order valence-corrected chi connectivity index (χ3v) is 4.56. The molecule has 1 fully saturated rings. The van der Waals surface area contributed by atoms with Crippen molar-refractivity contribution < 1.29 is 18.7 Å². The molecular formula is C17H19N3O4. The summed E-state index contributed by atoms with van der Waals surface area (Å²) in [5.74, 6) is 1.69. The molecule has 7 nitrogen and oxygen atoms in total.